The van der Waals surface area contributed by atoms with Crippen molar-refractivity contribution in [2.75, 3.05) is 13.1 Å². The van der Waals surface area contributed by atoms with Crippen LogP contribution in [-0.2, 0) is 12.8 Å². The topological polar surface area (TPSA) is 12.0 Å². The standard InChI is InChI=1S/C17H22ClNS/c1-3-16-9-10-17(20-16)11-14(12-19-4-2)13-5-7-15(18)8-6-13/h5-10,14,19H,3-4,11-12H2,1-2H3. The summed E-state index contributed by atoms with van der Waals surface area (Å²) in [6, 6.07) is 12.8. The molecule has 2 rings (SSSR count). The largest absolute Gasteiger partial charge is 0.316 e. The van der Waals surface area contributed by atoms with Crippen molar-refractivity contribution in [2.45, 2.75) is 32.6 Å². The lowest BCUT2D eigenvalue weighted by Gasteiger charge is -2.17. The fourth-order valence-corrected chi connectivity index (χ4v) is 3.49. The maximum Gasteiger partial charge on any atom is 0.0406 e. The first-order valence-corrected chi connectivity index (χ1v) is 8.46. The SMILES string of the molecule is CCNCC(Cc1ccc(CC)s1)c1ccc(Cl)cc1. The van der Waals surface area contributed by atoms with E-state index in [-0.39, 0.29) is 0 Å². The smallest absolute Gasteiger partial charge is 0.0406 e. The summed E-state index contributed by atoms with van der Waals surface area (Å²) in [5.41, 5.74) is 1.36. The highest BCUT2D eigenvalue weighted by molar-refractivity contribution is 7.11. The Labute approximate surface area is 131 Å². The zero-order chi connectivity index (χ0) is 14.4. The number of aryl methyl sites for hydroxylation is 1. The maximum atomic E-state index is 5.99. The molecular formula is C17H22ClNS. The van der Waals surface area contributed by atoms with Crippen molar-refractivity contribution in [3.63, 3.8) is 0 Å². The van der Waals surface area contributed by atoms with Crippen LogP contribution in [0.3, 0.4) is 0 Å². The van der Waals surface area contributed by atoms with Crippen molar-refractivity contribution < 1.29 is 0 Å². The van der Waals surface area contributed by atoms with Crippen molar-refractivity contribution in [3.8, 4) is 0 Å². The number of rotatable bonds is 7. The van der Waals surface area contributed by atoms with Gasteiger partial charge in [-0.3, -0.25) is 0 Å². The summed E-state index contributed by atoms with van der Waals surface area (Å²) in [6.07, 6.45) is 2.22. The van der Waals surface area contributed by atoms with Crippen LogP contribution >= 0.6 is 22.9 Å². The number of hydrogen-bond donors (Lipinski definition) is 1. The average molecular weight is 308 g/mol. The third-order valence-corrected chi connectivity index (χ3v) is 5.00. The first-order chi connectivity index (χ1) is 9.72. The molecule has 0 saturated heterocycles. The predicted molar refractivity (Wildman–Crippen MR) is 90.1 cm³/mol. The molecule has 20 heavy (non-hydrogen) atoms. The van der Waals surface area contributed by atoms with E-state index in [1.807, 2.05) is 23.5 Å². The second kappa shape index (κ2) is 7.82. The Balaban J connectivity index is 2.12. The van der Waals surface area contributed by atoms with E-state index in [4.69, 9.17) is 11.6 Å². The molecule has 1 aromatic carbocycles. The van der Waals surface area contributed by atoms with Crippen LogP contribution in [0.2, 0.25) is 5.02 Å². The summed E-state index contributed by atoms with van der Waals surface area (Å²) in [5, 5.41) is 4.28. The third kappa shape index (κ3) is 4.34. The highest BCUT2D eigenvalue weighted by Gasteiger charge is 2.13. The van der Waals surface area contributed by atoms with E-state index < -0.39 is 0 Å². The normalized spacial score (nSPS) is 12.6. The lowest BCUT2D eigenvalue weighted by molar-refractivity contribution is 0.598. The Bertz CT molecular complexity index is 518. The van der Waals surface area contributed by atoms with Crippen LogP contribution in [0.1, 0.15) is 35.1 Å². The van der Waals surface area contributed by atoms with Crippen LogP contribution < -0.4 is 5.32 Å². The number of benzene rings is 1. The van der Waals surface area contributed by atoms with Gasteiger partial charge in [0.25, 0.3) is 0 Å². The number of hydrogen-bond acceptors (Lipinski definition) is 2. The van der Waals surface area contributed by atoms with Gasteiger partial charge in [-0.2, -0.15) is 0 Å². The quantitative estimate of drug-likeness (QED) is 0.767. The molecule has 0 aliphatic heterocycles. The zero-order valence-corrected chi connectivity index (χ0v) is 13.7. The van der Waals surface area contributed by atoms with Gasteiger partial charge in [-0.05, 0) is 49.2 Å². The second-order valence-electron chi connectivity index (χ2n) is 4.98. The molecule has 0 fully saturated rings. The molecule has 1 N–H and O–H groups in total. The predicted octanol–water partition coefficient (Wildman–Crippen LogP) is 4.90. The van der Waals surface area contributed by atoms with Crippen molar-refractivity contribution in [2.24, 2.45) is 0 Å². The van der Waals surface area contributed by atoms with Gasteiger partial charge in [-0.25, -0.2) is 0 Å². The number of halogens is 1. The molecule has 1 nitrogen and oxygen atoms in total. The summed E-state index contributed by atoms with van der Waals surface area (Å²) < 4.78 is 0. The van der Waals surface area contributed by atoms with Crippen LogP contribution in [0.25, 0.3) is 0 Å². The molecule has 0 bridgehead atoms. The molecule has 1 atom stereocenters. The minimum atomic E-state index is 0.510. The van der Waals surface area contributed by atoms with Gasteiger partial charge in [0.2, 0.25) is 0 Å². The minimum absolute atomic E-state index is 0.510. The number of likely N-dealkylation sites (N-methyl/N-ethyl adjacent to an activating group) is 1. The fourth-order valence-electron chi connectivity index (χ4n) is 2.33. The van der Waals surface area contributed by atoms with Gasteiger partial charge in [0, 0.05) is 27.2 Å². The van der Waals surface area contributed by atoms with Gasteiger partial charge in [-0.15, -0.1) is 11.3 Å². The molecule has 0 spiro atoms. The highest BCUT2D eigenvalue weighted by Crippen LogP contribution is 2.26. The van der Waals surface area contributed by atoms with Gasteiger partial charge < -0.3 is 5.32 Å². The van der Waals surface area contributed by atoms with Crippen molar-refractivity contribution in [3.05, 3.63) is 56.7 Å². The molecule has 1 unspecified atom stereocenters. The number of nitrogens with one attached hydrogen (secondary N) is 1. The maximum absolute atomic E-state index is 5.99. The number of thiophene rings is 1. The molecule has 1 aromatic heterocycles. The lowest BCUT2D eigenvalue weighted by Crippen LogP contribution is -2.22. The molecule has 2 aromatic rings. The Kier molecular flexibility index (Phi) is 6.08. The molecule has 108 valence electrons. The molecule has 1 heterocycles. The van der Waals surface area contributed by atoms with E-state index in [1.165, 1.54) is 15.3 Å². The average Bonchev–Trinajstić information content (AvgIpc) is 2.92. The van der Waals surface area contributed by atoms with E-state index in [0.717, 1.165) is 31.0 Å². The Morgan fingerprint density at radius 2 is 1.75 bits per heavy atom. The molecular weight excluding hydrogens is 286 g/mol. The highest BCUT2D eigenvalue weighted by atomic mass is 35.5. The van der Waals surface area contributed by atoms with E-state index in [2.05, 4.69) is 43.4 Å². The monoisotopic (exact) mass is 307 g/mol. The molecule has 0 aliphatic carbocycles. The summed E-state index contributed by atoms with van der Waals surface area (Å²) in [7, 11) is 0. The van der Waals surface area contributed by atoms with E-state index in [0.29, 0.717) is 5.92 Å². The van der Waals surface area contributed by atoms with Crippen LogP contribution in [0.15, 0.2) is 36.4 Å². The van der Waals surface area contributed by atoms with Gasteiger partial charge in [0.1, 0.15) is 0 Å². The summed E-state index contributed by atoms with van der Waals surface area (Å²) in [6.45, 7) is 6.39. The first kappa shape index (κ1) is 15.6. The molecule has 0 amide bonds. The second-order valence-corrected chi connectivity index (χ2v) is 6.67. The Hall–Kier alpha value is -0.830. The van der Waals surface area contributed by atoms with Crippen molar-refractivity contribution in [1.82, 2.24) is 5.32 Å². The molecule has 0 aliphatic rings. The first-order valence-electron chi connectivity index (χ1n) is 7.26. The fraction of sp³-hybridized carbons (Fsp3) is 0.412. The minimum Gasteiger partial charge on any atom is -0.316 e. The summed E-state index contributed by atoms with van der Waals surface area (Å²) >= 11 is 7.93. The van der Waals surface area contributed by atoms with Gasteiger partial charge in [-0.1, -0.05) is 37.6 Å². The third-order valence-electron chi connectivity index (χ3n) is 3.50. The van der Waals surface area contributed by atoms with Crippen LogP contribution in [0.5, 0.6) is 0 Å². The van der Waals surface area contributed by atoms with E-state index >= 15 is 0 Å². The molecule has 0 saturated carbocycles. The van der Waals surface area contributed by atoms with Gasteiger partial charge in [0.05, 0.1) is 0 Å². The van der Waals surface area contributed by atoms with Gasteiger partial charge >= 0.3 is 0 Å². The van der Waals surface area contributed by atoms with E-state index in [1.54, 1.807) is 0 Å². The van der Waals surface area contributed by atoms with Crippen LogP contribution in [0.4, 0.5) is 0 Å². The van der Waals surface area contributed by atoms with Crippen LogP contribution in [-0.4, -0.2) is 13.1 Å². The van der Waals surface area contributed by atoms with Crippen molar-refractivity contribution >= 4 is 22.9 Å². The summed E-state index contributed by atoms with van der Waals surface area (Å²) in [5.74, 6) is 0.510. The Morgan fingerprint density at radius 1 is 1.05 bits per heavy atom. The van der Waals surface area contributed by atoms with Gasteiger partial charge in [0.15, 0.2) is 0 Å². The van der Waals surface area contributed by atoms with Crippen molar-refractivity contribution in [1.29, 1.82) is 0 Å². The molecule has 3 heteroatoms. The summed E-state index contributed by atoms with van der Waals surface area (Å²) in [4.78, 5) is 2.94. The zero-order valence-electron chi connectivity index (χ0n) is 12.2. The van der Waals surface area contributed by atoms with E-state index in [9.17, 15) is 0 Å². The Morgan fingerprint density at radius 3 is 2.35 bits per heavy atom. The molecule has 0 radical (unpaired) electrons. The lowest BCUT2D eigenvalue weighted by atomic mass is 9.95. The van der Waals surface area contributed by atoms with Crippen LogP contribution in [0, 0.1) is 0 Å².